The van der Waals surface area contributed by atoms with Gasteiger partial charge in [0.15, 0.2) is 0 Å². The van der Waals surface area contributed by atoms with Crippen LogP contribution >= 0.6 is 11.8 Å². The maximum atomic E-state index is 6.05. The Bertz CT molecular complexity index is 155. The molecule has 2 heteroatoms. The van der Waals surface area contributed by atoms with Crippen molar-refractivity contribution in [3.05, 3.63) is 11.6 Å². The predicted octanol–water partition coefficient (Wildman–Crippen LogP) is 2.57. The Hall–Kier alpha value is 0.0500. The summed E-state index contributed by atoms with van der Waals surface area (Å²) in [6.45, 7) is 4.24. The van der Waals surface area contributed by atoms with Gasteiger partial charge in [0.25, 0.3) is 0 Å². The van der Waals surface area contributed by atoms with E-state index >= 15 is 0 Å². The minimum absolute atomic E-state index is 0.278. The molecule has 0 aliphatic carbocycles. The molecule has 0 saturated carbocycles. The summed E-state index contributed by atoms with van der Waals surface area (Å²) >= 11 is 2.04. The molecular formula is C10H19NS. The number of hydrogen-bond acceptors (Lipinski definition) is 2. The fourth-order valence-electron chi connectivity index (χ4n) is 1.56. The van der Waals surface area contributed by atoms with E-state index in [2.05, 4.69) is 19.9 Å². The van der Waals surface area contributed by atoms with Crippen molar-refractivity contribution in [2.45, 2.75) is 44.4 Å². The smallest absolute Gasteiger partial charge is 0.0347 e. The quantitative estimate of drug-likeness (QED) is 0.669. The molecule has 2 atom stereocenters. The van der Waals surface area contributed by atoms with Gasteiger partial charge >= 0.3 is 0 Å². The molecule has 0 aromatic carbocycles. The average Bonchev–Trinajstić information content (AvgIpc) is 2.05. The third kappa shape index (κ3) is 3.20. The lowest BCUT2D eigenvalue weighted by molar-refractivity contribution is 0.619. The van der Waals surface area contributed by atoms with Crippen LogP contribution in [0.1, 0.15) is 33.1 Å². The molecule has 0 radical (unpaired) electrons. The number of rotatable bonds is 2. The fourth-order valence-corrected chi connectivity index (χ4v) is 2.87. The second kappa shape index (κ2) is 4.93. The Labute approximate surface area is 79.8 Å². The summed E-state index contributed by atoms with van der Waals surface area (Å²) in [5.74, 6) is 1.30. The second-order valence-electron chi connectivity index (χ2n) is 3.73. The van der Waals surface area contributed by atoms with Crippen LogP contribution in [0.15, 0.2) is 11.6 Å². The van der Waals surface area contributed by atoms with Gasteiger partial charge in [-0.05, 0) is 32.4 Å². The van der Waals surface area contributed by atoms with Crippen LogP contribution in [0.2, 0.25) is 0 Å². The van der Waals surface area contributed by atoms with Crippen molar-refractivity contribution in [1.29, 1.82) is 0 Å². The van der Waals surface area contributed by atoms with Gasteiger partial charge in [0.05, 0.1) is 0 Å². The van der Waals surface area contributed by atoms with Crippen molar-refractivity contribution in [3.8, 4) is 0 Å². The van der Waals surface area contributed by atoms with Crippen LogP contribution in [0.3, 0.4) is 0 Å². The SMILES string of the molecule is CC(C)=CC(N)C1CCCCS1. The minimum Gasteiger partial charge on any atom is -0.324 e. The third-order valence-electron chi connectivity index (χ3n) is 2.17. The van der Waals surface area contributed by atoms with Gasteiger partial charge in [-0.3, -0.25) is 0 Å². The first-order valence-electron chi connectivity index (χ1n) is 4.72. The van der Waals surface area contributed by atoms with Crippen LogP contribution in [-0.2, 0) is 0 Å². The lowest BCUT2D eigenvalue weighted by atomic mass is 10.1. The summed E-state index contributed by atoms with van der Waals surface area (Å²) in [7, 11) is 0. The molecule has 1 aliphatic rings. The second-order valence-corrected chi connectivity index (χ2v) is 5.07. The fraction of sp³-hybridized carbons (Fsp3) is 0.800. The van der Waals surface area contributed by atoms with Crippen LogP contribution in [0, 0.1) is 0 Å². The van der Waals surface area contributed by atoms with Crippen LogP contribution < -0.4 is 5.73 Å². The van der Waals surface area contributed by atoms with Gasteiger partial charge in [0.2, 0.25) is 0 Å². The first-order chi connectivity index (χ1) is 5.70. The van der Waals surface area contributed by atoms with Crippen molar-refractivity contribution < 1.29 is 0 Å². The highest BCUT2D eigenvalue weighted by Crippen LogP contribution is 2.27. The lowest BCUT2D eigenvalue weighted by Crippen LogP contribution is -2.32. The van der Waals surface area contributed by atoms with E-state index in [1.165, 1.54) is 30.6 Å². The molecule has 12 heavy (non-hydrogen) atoms. The van der Waals surface area contributed by atoms with Crippen molar-refractivity contribution in [2.75, 3.05) is 5.75 Å². The van der Waals surface area contributed by atoms with Crippen LogP contribution in [0.5, 0.6) is 0 Å². The highest BCUT2D eigenvalue weighted by Gasteiger charge is 2.18. The van der Waals surface area contributed by atoms with E-state index in [4.69, 9.17) is 5.73 Å². The molecule has 2 N–H and O–H groups in total. The standard InChI is InChI=1S/C10H19NS/c1-8(2)7-9(11)10-5-3-4-6-12-10/h7,9-10H,3-6,11H2,1-2H3. The Morgan fingerprint density at radius 1 is 1.50 bits per heavy atom. The van der Waals surface area contributed by atoms with Crippen molar-refractivity contribution >= 4 is 11.8 Å². The van der Waals surface area contributed by atoms with Gasteiger partial charge in [-0.25, -0.2) is 0 Å². The van der Waals surface area contributed by atoms with Crippen LogP contribution in [0.4, 0.5) is 0 Å². The van der Waals surface area contributed by atoms with Crippen molar-refractivity contribution in [2.24, 2.45) is 5.73 Å². The Balaban J connectivity index is 2.39. The molecule has 2 unspecified atom stereocenters. The highest BCUT2D eigenvalue weighted by molar-refractivity contribution is 8.00. The zero-order valence-electron chi connectivity index (χ0n) is 8.05. The summed E-state index contributed by atoms with van der Waals surface area (Å²) in [6.07, 6.45) is 6.24. The van der Waals surface area contributed by atoms with E-state index in [-0.39, 0.29) is 6.04 Å². The molecule has 1 saturated heterocycles. The molecule has 0 bridgehead atoms. The van der Waals surface area contributed by atoms with Crippen molar-refractivity contribution in [3.63, 3.8) is 0 Å². The van der Waals surface area contributed by atoms with Gasteiger partial charge < -0.3 is 5.73 Å². The number of nitrogens with two attached hydrogens (primary N) is 1. The molecule has 0 aromatic rings. The van der Waals surface area contributed by atoms with Crippen molar-refractivity contribution in [1.82, 2.24) is 0 Å². The maximum Gasteiger partial charge on any atom is 0.0347 e. The highest BCUT2D eigenvalue weighted by atomic mass is 32.2. The third-order valence-corrected chi connectivity index (χ3v) is 3.67. The molecule has 1 heterocycles. The summed E-state index contributed by atoms with van der Waals surface area (Å²) in [5, 5.41) is 0.675. The van der Waals surface area contributed by atoms with E-state index in [1.807, 2.05) is 11.8 Å². The zero-order valence-corrected chi connectivity index (χ0v) is 8.86. The van der Waals surface area contributed by atoms with Gasteiger partial charge in [-0.15, -0.1) is 0 Å². The molecule has 0 aromatic heterocycles. The van der Waals surface area contributed by atoms with E-state index in [1.54, 1.807) is 0 Å². The maximum absolute atomic E-state index is 6.05. The Morgan fingerprint density at radius 2 is 2.25 bits per heavy atom. The number of thioether (sulfide) groups is 1. The monoisotopic (exact) mass is 185 g/mol. The topological polar surface area (TPSA) is 26.0 Å². The molecular weight excluding hydrogens is 166 g/mol. The molecule has 1 fully saturated rings. The first kappa shape index (κ1) is 10.1. The van der Waals surface area contributed by atoms with Crippen LogP contribution in [-0.4, -0.2) is 17.0 Å². The van der Waals surface area contributed by atoms with E-state index < -0.39 is 0 Å². The Morgan fingerprint density at radius 3 is 2.75 bits per heavy atom. The van der Waals surface area contributed by atoms with E-state index in [0.29, 0.717) is 5.25 Å². The van der Waals surface area contributed by atoms with Gasteiger partial charge in [-0.2, -0.15) is 11.8 Å². The lowest BCUT2D eigenvalue weighted by Gasteiger charge is -2.25. The summed E-state index contributed by atoms with van der Waals surface area (Å²) in [5.41, 5.74) is 7.39. The Kier molecular flexibility index (Phi) is 4.16. The van der Waals surface area contributed by atoms with E-state index in [9.17, 15) is 0 Å². The molecule has 1 rings (SSSR count). The molecule has 0 amide bonds. The molecule has 0 spiro atoms. The zero-order chi connectivity index (χ0) is 8.97. The average molecular weight is 185 g/mol. The molecule has 1 nitrogen and oxygen atoms in total. The predicted molar refractivity (Wildman–Crippen MR) is 57.5 cm³/mol. The van der Waals surface area contributed by atoms with Crippen LogP contribution in [0.25, 0.3) is 0 Å². The van der Waals surface area contributed by atoms with Gasteiger partial charge in [-0.1, -0.05) is 18.1 Å². The molecule has 1 aliphatic heterocycles. The van der Waals surface area contributed by atoms with Gasteiger partial charge in [0, 0.05) is 11.3 Å². The summed E-state index contributed by atoms with van der Waals surface area (Å²) in [4.78, 5) is 0. The first-order valence-corrected chi connectivity index (χ1v) is 5.77. The van der Waals surface area contributed by atoms with E-state index in [0.717, 1.165) is 0 Å². The minimum atomic E-state index is 0.278. The number of allylic oxidation sites excluding steroid dienone is 1. The van der Waals surface area contributed by atoms with Gasteiger partial charge in [0.1, 0.15) is 0 Å². The number of hydrogen-bond donors (Lipinski definition) is 1. The normalized spacial score (nSPS) is 26.4. The summed E-state index contributed by atoms with van der Waals surface area (Å²) in [6, 6.07) is 0.278. The summed E-state index contributed by atoms with van der Waals surface area (Å²) < 4.78 is 0. The largest absolute Gasteiger partial charge is 0.324 e. The molecule has 70 valence electrons.